The molecular weight excluding hydrogens is 691 g/mol. The summed E-state index contributed by atoms with van der Waals surface area (Å²) < 4.78 is 0. The van der Waals surface area contributed by atoms with Gasteiger partial charge in [-0.25, -0.2) is 0 Å². The molecule has 6 unspecified atom stereocenters. The molecule has 2 saturated carbocycles. The third-order valence-corrected chi connectivity index (χ3v) is 14.6. The summed E-state index contributed by atoms with van der Waals surface area (Å²) in [4.78, 5) is 2.73. The van der Waals surface area contributed by atoms with Crippen LogP contribution in [0, 0.1) is 23.7 Å². The van der Waals surface area contributed by atoms with E-state index in [0.717, 1.165) is 38.5 Å². The molecule has 0 bridgehead atoms. The molecule has 2 fully saturated rings. The van der Waals surface area contributed by atoms with Gasteiger partial charge in [0, 0.05) is 35.3 Å². The van der Waals surface area contributed by atoms with E-state index >= 15 is 0 Å². The first-order valence-electron chi connectivity index (χ1n) is 21.7. The lowest BCUT2D eigenvalue weighted by molar-refractivity contribution is 0.465. The van der Waals surface area contributed by atoms with Gasteiger partial charge in [0.1, 0.15) is 0 Å². The Morgan fingerprint density at radius 3 is 2.51 bits per heavy atom. The molecule has 57 heavy (non-hydrogen) atoms. The van der Waals surface area contributed by atoms with Gasteiger partial charge in [-0.15, -0.1) is 0 Å². The van der Waals surface area contributed by atoms with Crippen LogP contribution in [-0.2, 0) is 6.42 Å². The molecule has 12 rings (SSSR count). The van der Waals surface area contributed by atoms with Gasteiger partial charge in [0.15, 0.2) is 0 Å². The second-order valence-electron chi connectivity index (χ2n) is 17.9. The number of nitrogens with zero attached hydrogens (tertiary/aromatic N) is 1. The molecule has 0 amide bonds. The first-order valence-corrected chi connectivity index (χ1v) is 21.7. The Balaban J connectivity index is 0.836. The molecule has 8 aliphatic carbocycles. The van der Waals surface area contributed by atoms with E-state index in [1.165, 1.54) is 51.2 Å². The Labute approximate surface area is 338 Å². The van der Waals surface area contributed by atoms with Crippen molar-refractivity contribution >= 4 is 17.3 Å². The van der Waals surface area contributed by atoms with Crippen molar-refractivity contribution in [2.45, 2.75) is 74.7 Å². The molecule has 2 N–H and O–H groups in total. The van der Waals surface area contributed by atoms with E-state index in [-0.39, 0.29) is 11.6 Å². The summed E-state index contributed by atoms with van der Waals surface area (Å²) in [5.41, 5.74) is 15.9. The first-order chi connectivity index (χ1) is 28.2. The highest BCUT2D eigenvalue weighted by atomic mass is 15.3. The van der Waals surface area contributed by atoms with E-state index in [9.17, 15) is 0 Å². The van der Waals surface area contributed by atoms with Gasteiger partial charge in [-0.05, 0) is 125 Å². The lowest BCUT2D eigenvalue weighted by Gasteiger charge is -2.39. The number of fused-ring (bicyclic) bond motifs is 5. The monoisotopic (exact) mass is 741 g/mol. The van der Waals surface area contributed by atoms with Gasteiger partial charge in [0.2, 0.25) is 0 Å². The molecule has 3 heteroatoms. The van der Waals surface area contributed by atoms with Crippen LogP contribution >= 0.6 is 0 Å². The zero-order chi connectivity index (χ0) is 37.5. The Hall–Kier alpha value is -5.22. The summed E-state index contributed by atoms with van der Waals surface area (Å²) in [5.74, 6) is 2.27. The molecule has 282 valence electrons. The van der Waals surface area contributed by atoms with Crippen molar-refractivity contribution in [1.29, 1.82) is 0 Å². The minimum absolute atomic E-state index is 0.0191. The fourth-order valence-corrected chi connectivity index (χ4v) is 11.3. The minimum Gasteiger partial charge on any atom is -0.335 e. The molecular formula is C54H51N3. The molecule has 10 aliphatic rings. The van der Waals surface area contributed by atoms with E-state index in [1.54, 1.807) is 16.7 Å². The van der Waals surface area contributed by atoms with Crippen molar-refractivity contribution in [2.75, 3.05) is 4.90 Å². The van der Waals surface area contributed by atoms with Crippen LogP contribution in [0.4, 0.5) is 5.69 Å². The van der Waals surface area contributed by atoms with E-state index < -0.39 is 0 Å². The van der Waals surface area contributed by atoms with Crippen LogP contribution in [-0.4, -0.2) is 23.7 Å². The van der Waals surface area contributed by atoms with E-state index in [2.05, 4.69) is 180 Å². The highest BCUT2D eigenvalue weighted by molar-refractivity contribution is 5.77. The zero-order valence-corrected chi connectivity index (χ0v) is 32.6. The Bertz CT molecular complexity index is 2450. The minimum atomic E-state index is -0.0191. The molecule has 9 atom stereocenters. The van der Waals surface area contributed by atoms with E-state index in [4.69, 9.17) is 0 Å². The van der Waals surface area contributed by atoms with Crippen LogP contribution in [0.5, 0.6) is 0 Å². The molecule has 2 aliphatic heterocycles. The normalized spacial score (nSPS) is 34.6. The summed E-state index contributed by atoms with van der Waals surface area (Å²) >= 11 is 0. The van der Waals surface area contributed by atoms with Crippen molar-refractivity contribution in [3.8, 4) is 0 Å². The SMILES string of the molecule is C1=CC2=CCC(C3=C[C@H]4CC4(N(C4=CC=C(C5=CC=C(c6ccc7c(c6)CCC=C7)C6CC56)CC4)c4ccc([C@H]5C=CC6C=CC=CC6N5)cc4)C=C3)N[C@H]2C=C1. The second-order valence-corrected chi connectivity index (χ2v) is 17.9. The summed E-state index contributed by atoms with van der Waals surface area (Å²) in [6, 6.07) is 17.9. The van der Waals surface area contributed by atoms with Gasteiger partial charge in [0.05, 0.1) is 17.6 Å². The van der Waals surface area contributed by atoms with Crippen LogP contribution in [0.1, 0.15) is 66.8 Å². The number of hydrogen-bond donors (Lipinski definition) is 2. The maximum absolute atomic E-state index is 3.93. The van der Waals surface area contributed by atoms with E-state index in [1.807, 2.05) is 0 Å². The third-order valence-electron chi connectivity index (χ3n) is 14.6. The zero-order valence-electron chi connectivity index (χ0n) is 32.6. The Morgan fingerprint density at radius 1 is 0.702 bits per heavy atom. The van der Waals surface area contributed by atoms with Crippen LogP contribution in [0.25, 0.3) is 11.6 Å². The van der Waals surface area contributed by atoms with Gasteiger partial charge in [-0.3, -0.25) is 10.6 Å². The fraction of sp³-hybridized carbons (Fsp3) is 0.296. The quantitative estimate of drug-likeness (QED) is 0.277. The summed E-state index contributed by atoms with van der Waals surface area (Å²) in [6.07, 6.45) is 55.1. The molecule has 0 aromatic heterocycles. The van der Waals surface area contributed by atoms with Gasteiger partial charge in [-0.1, -0.05) is 146 Å². The average Bonchev–Trinajstić information content (AvgIpc) is 4.21. The number of hydrogen-bond acceptors (Lipinski definition) is 3. The predicted molar refractivity (Wildman–Crippen MR) is 236 cm³/mol. The van der Waals surface area contributed by atoms with Gasteiger partial charge >= 0.3 is 0 Å². The van der Waals surface area contributed by atoms with Crippen molar-refractivity contribution in [1.82, 2.24) is 10.6 Å². The van der Waals surface area contributed by atoms with Crippen molar-refractivity contribution < 1.29 is 0 Å². The lowest BCUT2D eigenvalue weighted by Crippen LogP contribution is -2.43. The topological polar surface area (TPSA) is 27.3 Å². The van der Waals surface area contributed by atoms with E-state index in [0.29, 0.717) is 41.8 Å². The number of allylic oxidation sites excluding steroid dienone is 13. The number of rotatable bonds is 7. The number of aryl methyl sites for hydroxylation is 1. The number of nitrogens with one attached hydrogen (secondary N) is 2. The van der Waals surface area contributed by atoms with Crippen molar-refractivity contribution in [3.63, 3.8) is 0 Å². The smallest absolute Gasteiger partial charge is 0.0703 e. The molecule has 2 heterocycles. The second kappa shape index (κ2) is 13.4. The summed E-state index contributed by atoms with van der Waals surface area (Å²) in [6.45, 7) is 0. The highest BCUT2D eigenvalue weighted by Gasteiger charge is 2.58. The molecule has 0 saturated heterocycles. The fourth-order valence-electron chi connectivity index (χ4n) is 11.3. The van der Waals surface area contributed by atoms with Gasteiger partial charge in [-0.2, -0.15) is 0 Å². The highest BCUT2D eigenvalue weighted by Crippen LogP contribution is 2.59. The lowest BCUT2D eigenvalue weighted by atomic mass is 9.85. The molecule has 0 spiro atoms. The molecule has 2 aromatic carbocycles. The Kier molecular flexibility index (Phi) is 7.98. The van der Waals surface area contributed by atoms with Crippen molar-refractivity contribution in [3.05, 3.63) is 208 Å². The van der Waals surface area contributed by atoms with Gasteiger partial charge < -0.3 is 4.90 Å². The van der Waals surface area contributed by atoms with Gasteiger partial charge in [0.25, 0.3) is 0 Å². The van der Waals surface area contributed by atoms with Crippen LogP contribution in [0.3, 0.4) is 0 Å². The van der Waals surface area contributed by atoms with Crippen molar-refractivity contribution in [2.24, 2.45) is 23.7 Å². The number of anilines is 1. The maximum Gasteiger partial charge on any atom is 0.0703 e. The Morgan fingerprint density at radius 2 is 1.60 bits per heavy atom. The standard InChI is InChI=1S/C54H51N3/c1-2-10-40-31-41(14-13-35(40)7-1)47-26-25-46(48-33-49(47)48)36-15-21-44(22-16-36)57(45-23-17-39(18-24-45)52-27-19-37-8-3-5-11-50(37)55-52)54-30-29-42(32-43(54)34-54)53-28-20-38-9-4-6-12-51(38)56-53/h1,3-9,11-15,17-21,23-27,29-32,37,43,48-53,55-56H,2,10,16,22,28,33-34H2/t37?,43-,48?,49?,50?,51-,52+,53?,54?/m0/s1. The maximum atomic E-state index is 3.93. The molecule has 2 aromatic rings. The van der Waals surface area contributed by atoms with Crippen LogP contribution in [0.2, 0.25) is 0 Å². The molecule has 3 nitrogen and oxygen atoms in total. The third kappa shape index (κ3) is 5.93. The number of benzene rings is 2. The van der Waals surface area contributed by atoms with Crippen LogP contribution in [0.15, 0.2) is 186 Å². The molecule has 0 radical (unpaired) electrons. The predicted octanol–water partition coefficient (Wildman–Crippen LogP) is 11.1. The summed E-state index contributed by atoms with van der Waals surface area (Å²) in [5, 5.41) is 7.81. The summed E-state index contributed by atoms with van der Waals surface area (Å²) in [7, 11) is 0. The van der Waals surface area contributed by atoms with Crippen LogP contribution < -0.4 is 15.5 Å². The average molecular weight is 742 g/mol. The first kappa shape index (κ1) is 33.9. The largest absolute Gasteiger partial charge is 0.335 e.